The van der Waals surface area contributed by atoms with Gasteiger partial charge in [-0.3, -0.25) is 4.79 Å². The van der Waals surface area contributed by atoms with Gasteiger partial charge < -0.3 is 19.4 Å². The molecule has 28 heavy (non-hydrogen) atoms. The summed E-state index contributed by atoms with van der Waals surface area (Å²) < 4.78 is 12.7. The largest absolute Gasteiger partial charge is 0.493 e. The van der Waals surface area contributed by atoms with Crippen molar-refractivity contribution in [3.05, 3.63) is 53.9 Å². The molecule has 1 aromatic carbocycles. The summed E-state index contributed by atoms with van der Waals surface area (Å²) in [5, 5.41) is 3.76. The summed E-state index contributed by atoms with van der Waals surface area (Å²) in [6.45, 7) is 2.93. The molecule has 0 fully saturated rings. The van der Waals surface area contributed by atoms with Crippen LogP contribution in [0.4, 0.5) is 5.69 Å². The van der Waals surface area contributed by atoms with E-state index < -0.39 is 0 Å². The quantitative estimate of drug-likeness (QED) is 0.644. The molecule has 0 radical (unpaired) electrons. The van der Waals surface area contributed by atoms with Crippen molar-refractivity contribution < 1.29 is 14.3 Å². The van der Waals surface area contributed by atoms with Gasteiger partial charge >= 0.3 is 0 Å². The molecule has 0 bridgehead atoms. The van der Waals surface area contributed by atoms with Gasteiger partial charge in [-0.15, -0.1) is 0 Å². The van der Waals surface area contributed by atoms with Gasteiger partial charge in [0, 0.05) is 36.6 Å². The highest BCUT2D eigenvalue weighted by Crippen LogP contribution is 2.30. The van der Waals surface area contributed by atoms with Gasteiger partial charge in [0.1, 0.15) is 0 Å². The summed E-state index contributed by atoms with van der Waals surface area (Å²) in [6, 6.07) is 5.30. The molecule has 1 aliphatic carbocycles. The number of amides is 1. The van der Waals surface area contributed by atoms with Crippen molar-refractivity contribution in [1.29, 1.82) is 0 Å². The molecule has 1 aliphatic rings. The zero-order chi connectivity index (χ0) is 19.9. The molecule has 1 N–H and O–H groups in total. The summed E-state index contributed by atoms with van der Waals surface area (Å²) in [6.07, 6.45) is 10.2. The molecule has 0 unspecified atom stereocenters. The Hall–Kier alpha value is -2.67. The Kier molecular flexibility index (Phi) is 6.81. The fraction of sp³-hybridized carbons (Fsp3) is 0.333. The van der Waals surface area contributed by atoms with Crippen molar-refractivity contribution in [2.45, 2.75) is 31.5 Å². The minimum Gasteiger partial charge on any atom is -0.493 e. The van der Waals surface area contributed by atoms with Crippen molar-refractivity contribution in [3.63, 3.8) is 0 Å². The Labute approximate surface area is 169 Å². The number of carbonyl (C=O) groups is 1. The van der Waals surface area contributed by atoms with Crippen LogP contribution in [-0.4, -0.2) is 35.4 Å². The van der Waals surface area contributed by atoms with E-state index in [1.54, 1.807) is 32.4 Å². The van der Waals surface area contributed by atoms with Crippen LogP contribution in [0.2, 0.25) is 0 Å². The second-order valence-electron chi connectivity index (χ2n) is 6.32. The number of methoxy groups -OCH3 is 2. The third-order valence-electron chi connectivity index (χ3n) is 4.47. The molecular weight excluding hydrogens is 374 g/mol. The molecule has 7 heteroatoms. The number of thioether (sulfide) groups is 1. The summed E-state index contributed by atoms with van der Waals surface area (Å²) in [5.74, 6) is 1.40. The fourth-order valence-electron chi connectivity index (χ4n) is 3.08. The Morgan fingerprint density at radius 2 is 2.11 bits per heavy atom. The van der Waals surface area contributed by atoms with Gasteiger partial charge in [-0.05, 0) is 25.5 Å². The number of nitrogens with zero attached hydrogens (tertiary/aromatic N) is 2. The molecule has 2 aromatic rings. The van der Waals surface area contributed by atoms with Crippen molar-refractivity contribution >= 4 is 23.4 Å². The second-order valence-corrected chi connectivity index (χ2v) is 7.26. The molecular formula is C21H25N3O3S. The van der Waals surface area contributed by atoms with Crippen LogP contribution in [0.3, 0.4) is 0 Å². The summed E-state index contributed by atoms with van der Waals surface area (Å²) >= 11 is 1.44. The lowest BCUT2D eigenvalue weighted by atomic mass is 10.1. The summed E-state index contributed by atoms with van der Waals surface area (Å²) in [4.78, 5) is 16.9. The fourth-order valence-corrected chi connectivity index (χ4v) is 3.94. The molecule has 0 atom stereocenters. The van der Waals surface area contributed by atoms with Crippen molar-refractivity contribution in [2.75, 3.05) is 25.3 Å². The number of ether oxygens (including phenoxy) is 2. The zero-order valence-corrected chi connectivity index (χ0v) is 17.2. The normalized spacial score (nSPS) is 12.8. The van der Waals surface area contributed by atoms with Gasteiger partial charge in [0.15, 0.2) is 16.7 Å². The van der Waals surface area contributed by atoms with E-state index in [1.807, 2.05) is 6.20 Å². The number of hydrogen-bond acceptors (Lipinski definition) is 5. The topological polar surface area (TPSA) is 65.4 Å². The van der Waals surface area contributed by atoms with Gasteiger partial charge in [0.25, 0.3) is 0 Å². The number of benzene rings is 1. The first-order valence-corrected chi connectivity index (χ1v) is 10.2. The van der Waals surface area contributed by atoms with Crippen LogP contribution in [0.15, 0.2) is 53.4 Å². The highest BCUT2D eigenvalue weighted by Gasteiger charge is 2.14. The molecule has 1 heterocycles. The van der Waals surface area contributed by atoms with Crippen LogP contribution >= 0.6 is 11.8 Å². The SMILES string of the molecule is CCn1c(CC2=CC=CC2)cnc1SCC(=O)Nc1ccc(OC)c(OC)c1. The maximum absolute atomic E-state index is 12.4. The molecule has 6 nitrogen and oxygen atoms in total. The van der Waals surface area contributed by atoms with E-state index in [4.69, 9.17) is 9.47 Å². The summed E-state index contributed by atoms with van der Waals surface area (Å²) in [7, 11) is 3.15. The number of allylic oxidation sites excluding steroid dienone is 4. The lowest BCUT2D eigenvalue weighted by molar-refractivity contribution is -0.113. The van der Waals surface area contributed by atoms with E-state index in [9.17, 15) is 4.79 Å². The number of anilines is 1. The maximum Gasteiger partial charge on any atom is 0.234 e. The highest BCUT2D eigenvalue weighted by atomic mass is 32.2. The van der Waals surface area contributed by atoms with Crippen LogP contribution in [0, 0.1) is 0 Å². The van der Waals surface area contributed by atoms with E-state index in [2.05, 4.69) is 40.0 Å². The number of imidazole rings is 1. The van der Waals surface area contributed by atoms with E-state index >= 15 is 0 Å². The first-order valence-electron chi connectivity index (χ1n) is 9.18. The molecule has 1 amide bonds. The Morgan fingerprint density at radius 3 is 2.79 bits per heavy atom. The maximum atomic E-state index is 12.4. The first kappa shape index (κ1) is 20.1. The van der Waals surface area contributed by atoms with E-state index in [1.165, 1.54) is 23.0 Å². The third kappa shape index (κ3) is 4.78. The van der Waals surface area contributed by atoms with E-state index in [0.29, 0.717) is 17.2 Å². The van der Waals surface area contributed by atoms with Gasteiger partial charge in [-0.1, -0.05) is 35.6 Å². The van der Waals surface area contributed by atoms with E-state index in [-0.39, 0.29) is 11.7 Å². The minimum absolute atomic E-state index is 0.0906. The molecule has 0 saturated carbocycles. The number of hydrogen-bond donors (Lipinski definition) is 1. The van der Waals surface area contributed by atoms with Gasteiger partial charge in [-0.2, -0.15) is 0 Å². The number of nitrogens with one attached hydrogen (secondary N) is 1. The van der Waals surface area contributed by atoms with Gasteiger partial charge in [0.05, 0.1) is 20.0 Å². The monoisotopic (exact) mass is 399 g/mol. The van der Waals surface area contributed by atoms with E-state index in [0.717, 1.165) is 24.5 Å². The van der Waals surface area contributed by atoms with Crippen molar-refractivity contribution in [2.24, 2.45) is 0 Å². The lowest BCUT2D eigenvalue weighted by Gasteiger charge is -2.11. The summed E-state index contributed by atoms with van der Waals surface area (Å²) in [5.41, 5.74) is 3.24. The van der Waals surface area contributed by atoms with Crippen LogP contribution < -0.4 is 14.8 Å². The zero-order valence-electron chi connectivity index (χ0n) is 16.4. The molecule has 0 aliphatic heterocycles. The predicted molar refractivity (Wildman–Crippen MR) is 112 cm³/mol. The molecule has 0 saturated heterocycles. The first-order chi connectivity index (χ1) is 13.6. The number of rotatable bonds is 9. The molecule has 148 valence electrons. The third-order valence-corrected chi connectivity index (χ3v) is 5.46. The van der Waals surface area contributed by atoms with Crippen molar-refractivity contribution in [3.8, 4) is 11.5 Å². The number of carbonyl (C=O) groups excluding carboxylic acids is 1. The predicted octanol–water partition coefficient (Wildman–Crippen LogP) is 4.08. The van der Waals surface area contributed by atoms with Gasteiger partial charge in [-0.25, -0.2) is 4.98 Å². The van der Waals surface area contributed by atoms with Crippen LogP contribution in [0.5, 0.6) is 11.5 Å². The highest BCUT2D eigenvalue weighted by molar-refractivity contribution is 7.99. The Bertz CT molecular complexity index is 902. The average molecular weight is 400 g/mol. The average Bonchev–Trinajstić information content (AvgIpc) is 3.36. The number of aromatic nitrogens is 2. The Balaban J connectivity index is 1.59. The molecule has 1 aromatic heterocycles. The molecule has 3 rings (SSSR count). The van der Waals surface area contributed by atoms with Crippen LogP contribution in [-0.2, 0) is 17.8 Å². The lowest BCUT2D eigenvalue weighted by Crippen LogP contribution is -2.15. The Morgan fingerprint density at radius 1 is 1.29 bits per heavy atom. The smallest absolute Gasteiger partial charge is 0.234 e. The molecule has 0 spiro atoms. The standard InChI is InChI=1S/C21H25N3O3S/c1-4-24-17(11-15-7-5-6-8-15)13-22-21(24)28-14-20(25)23-16-9-10-18(26-2)19(12-16)27-3/h5-7,9-10,12-13H,4,8,11,14H2,1-3H3,(H,23,25). The van der Waals surface area contributed by atoms with Gasteiger partial charge in [0.2, 0.25) is 5.91 Å². The van der Waals surface area contributed by atoms with Crippen LogP contribution in [0.1, 0.15) is 19.0 Å². The van der Waals surface area contributed by atoms with Crippen molar-refractivity contribution in [1.82, 2.24) is 9.55 Å². The second kappa shape index (κ2) is 9.50. The van der Waals surface area contributed by atoms with Crippen LogP contribution in [0.25, 0.3) is 0 Å². The minimum atomic E-state index is -0.0906.